The number of likely N-dealkylation sites (N-methyl/N-ethyl adjacent to an activating group) is 1. The number of anilines is 2. The second-order valence-corrected chi connectivity index (χ2v) is 5.41. The van der Waals surface area contributed by atoms with E-state index >= 15 is 0 Å². The van der Waals surface area contributed by atoms with E-state index in [1.807, 2.05) is 20.8 Å². The molecule has 0 saturated carbocycles. The maximum atomic E-state index is 11.9. The van der Waals surface area contributed by atoms with Crippen molar-refractivity contribution in [1.29, 1.82) is 0 Å². The van der Waals surface area contributed by atoms with Gasteiger partial charge in [0.1, 0.15) is 0 Å². The summed E-state index contributed by atoms with van der Waals surface area (Å²) in [5.41, 5.74) is 12.0. The molecule has 0 fully saturated rings. The standard InChI is InChI=1S/C14H21ClN4O2/c1-4-19(7-12(20)18-8(2)3)13-10(14(17)21)5-9(16)6-11(13)15/h5-6,8H,4,7,16H2,1-3H3,(H2,17,21)(H,18,20). The molecule has 0 heterocycles. The van der Waals surface area contributed by atoms with Crippen LogP contribution in [-0.4, -0.2) is 30.9 Å². The van der Waals surface area contributed by atoms with E-state index in [1.54, 1.807) is 4.90 Å². The number of carbonyl (C=O) groups is 2. The maximum Gasteiger partial charge on any atom is 0.250 e. The first kappa shape index (κ1) is 17.1. The third-order valence-corrected chi connectivity index (χ3v) is 3.12. The van der Waals surface area contributed by atoms with Gasteiger partial charge in [0.05, 0.1) is 22.8 Å². The molecule has 116 valence electrons. The third-order valence-electron chi connectivity index (χ3n) is 2.83. The van der Waals surface area contributed by atoms with Crippen LogP contribution in [0.5, 0.6) is 0 Å². The highest BCUT2D eigenvalue weighted by atomic mass is 35.5. The van der Waals surface area contributed by atoms with Crippen LogP contribution in [-0.2, 0) is 4.79 Å². The summed E-state index contributed by atoms with van der Waals surface area (Å²) in [6, 6.07) is 3.03. The number of halogens is 1. The second-order valence-electron chi connectivity index (χ2n) is 5.00. The number of primary amides is 1. The third kappa shape index (κ3) is 4.53. The Balaban J connectivity index is 3.16. The number of rotatable bonds is 6. The van der Waals surface area contributed by atoms with E-state index in [2.05, 4.69) is 5.32 Å². The van der Waals surface area contributed by atoms with Crippen molar-refractivity contribution in [3.63, 3.8) is 0 Å². The van der Waals surface area contributed by atoms with Crippen LogP contribution < -0.4 is 21.7 Å². The summed E-state index contributed by atoms with van der Waals surface area (Å²) in [6.07, 6.45) is 0. The fourth-order valence-electron chi connectivity index (χ4n) is 2.02. The molecule has 1 aromatic rings. The van der Waals surface area contributed by atoms with Gasteiger partial charge in [0.2, 0.25) is 5.91 Å². The molecule has 0 spiro atoms. The molecule has 5 N–H and O–H groups in total. The number of nitrogens with zero attached hydrogens (tertiary/aromatic N) is 1. The average molecular weight is 313 g/mol. The van der Waals surface area contributed by atoms with Gasteiger partial charge in [-0.2, -0.15) is 0 Å². The number of hydrogen-bond acceptors (Lipinski definition) is 4. The van der Waals surface area contributed by atoms with Crippen molar-refractivity contribution < 1.29 is 9.59 Å². The lowest BCUT2D eigenvalue weighted by Crippen LogP contribution is -2.40. The van der Waals surface area contributed by atoms with E-state index < -0.39 is 5.91 Å². The zero-order valence-electron chi connectivity index (χ0n) is 12.4. The first-order chi connectivity index (χ1) is 9.76. The lowest BCUT2D eigenvalue weighted by molar-refractivity contribution is -0.120. The average Bonchev–Trinajstić information content (AvgIpc) is 2.34. The smallest absolute Gasteiger partial charge is 0.250 e. The van der Waals surface area contributed by atoms with Crippen LogP contribution in [0, 0.1) is 0 Å². The van der Waals surface area contributed by atoms with Crippen molar-refractivity contribution in [2.75, 3.05) is 23.7 Å². The number of benzene rings is 1. The second kappa shape index (κ2) is 7.17. The highest BCUT2D eigenvalue weighted by Crippen LogP contribution is 2.32. The molecule has 0 aromatic heterocycles. The highest BCUT2D eigenvalue weighted by Gasteiger charge is 2.20. The first-order valence-corrected chi connectivity index (χ1v) is 7.07. The van der Waals surface area contributed by atoms with E-state index in [9.17, 15) is 9.59 Å². The molecule has 7 heteroatoms. The Morgan fingerprint density at radius 1 is 1.38 bits per heavy atom. The van der Waals surface area contributed by atoms with E-state index in [0.29, 0.717) is 22.9 Å². The first-order valence-electron chi connectivity index (χ1n) is 6.69. The normalized spacial score (nSPS) is 10.5. The summed E-state index contributed by atoms with van der Waals surface area (Å²) in [4.78, 5) is 25.2. The molecule has 0 aliphatic heterocycles. The molecule has 0 saturated heterocycles. The molecule has 0 aliphatic carbocycles. The minimum absolute atomic E-state index is 0.0358. The Morgan fingerprint density at radius 2 is 2.00 bits per heavy atom. The molecule has 1 aromatic carbocycles. The van der Waals surface area contributed by atoms with Crippen LogP contribution in [0.1, 0.15) is 31.1 Å². The lowest BCUT2D eigenvalue weighted by atomic mass is 10.1. The molecular weight excluding hydrogens is 292 g/mol. The largest absolute Gasteiger partial charge is 0.399 e. The molecule has 0 unspecified atom stereocenters. The number of nitrogens with two attached hydrogens (primary N) is 2. The monoisotopic (exact) mass is 312 g/mol. The van der Waals surface area contributed by atoms with Crippen molar-refractivity contribution in [1.82, 2.24) is 5.32 Å². The van der Waals surface area contributed by atoms with Gasteiger partial charge >= 0.3 is 0 Å². The minimum atomic E-state index is -0.637. The van der Waals surface area contributed by atoms with Crippen LogP contribution in [0.4, 0.5) is 11.4 Å². The van der Waals surface area contributed by atoms with E-state index in [0.717, 1.165) is 0 Å². The Bertz CT molecular complexity index is 546. The van der Waals surface area contributed by atoms with Gasteiger partial charge in [-0.05, 0) is 32.9 Å². The van der Waals surface area contributed by atoms with Crippen molar-refractivity contribution in [2.24, 2.45) is 5.73 Å². The quantitative estimate of drug-likeness (QED) is 0.690. The van der Waals surface area contributed by atoms with Gasteiger partial charge in [-0.15, -0.1) is 0 Å². The summed E-state index contributed by atoms with van der Waals surface area (Å²) in [6.45, 7) is 6.19. The van der Waals surface area contributed by atoms with E-state index in [1.165, 1.54) is 12.1 Å². The lowest BCUT2D eigenvalue weighted by Gasteiger charge is -2.26. The Kier molecular flexibility index (Phi) is 5.84. The molecule has 21 heavy (non-hydrogen) atoms. The molecule has 0 radical (unpaired) electrons. The Morgan fingerprint density at radius 3 is 2.48 bits per heavy atom. The van der Waals surface area contributed by atoms with E-state index in [4.69, 9.17) is 23.1 Å². The van der Waals surface area contributed by atoms with Gasteiger partial charge < -0.3 is 21.7 Å². The molecular formula is C14H21ClN4O2. The summed E-state index contributed by atoms with van der Waals surface area (Å²) < 4.78 is 0. The van der Waals surface area contributed by atoms with Gasteiger partial charge in [0, 0.05) is 18.3 Å². The van der Waals surface area contributed by atoms with Crippen molar-refractivity contribution in [3.8, 4) is 0 Å². The highest BCUT2D eigenvalue weighted by molar-refractivity contribution is 6.34. The Hall–Kier alpha value is -1.95. The van der Waals surface area contributed by atoms with Crippen LogP contribution in [0.25, 0.3) is 0 Å². The van der Waals surface area contributed by atoms with Crippen LogP contribution >= 0.6 is 11.6 Å². The van der Waals surface area contributed by atoms with Crippen molar-refractivity contribution >= 4 is 34.8 Å². The van der Waals surface area contributed by atoms with Gasteiger partial charge in [0.25, 0.3) is 5.91 Å². The number of nitrogen functional groups attached to an aromatic ring is 1. The number of carbonyl (C=O) groups excluding carboxylic acids is 2. The van der Waals surface area contributed by atoms with Crippen LogP contribution in [0.2, 0.25) is 5.02 Å². The summed E-state index contributed by atoms with van der Waals surface area (Å²) in [5, 5.41) is 3.09. The predicted molar refractivity (Wildman–Crippen MR) is 85.5 cm³/mol. The maximum absolute atomic E-state index is 11.9. The minimum Gasteiger partial charge on any atom is -0.399 e. The number of hydrogen-bond donors (Lipinski definition) is 3. The molecule has 2 amide bonds. The van der Waals surface area contributed by atoms with Crippen molar-refractivity contribution in [2.45, 2.75) is 26.8 Å². The zero-order chi connectivity index (χ0) is 16.2. The molecule has 0 aliphatic rings. The molecule has 0 atom stereocenters. The fourth-order valence-corrected chi connectivity index (χ4v) is 2.37. The van der Waals surface area contributed by atoms with Gasteiger partial charge in [-0.1, -0.05) is 11.6 Å². The van der Waals surface area contributed by atoms with Crippen LogP contribution in [0.3, 0.4) is 0 Å². The predicted octanol–water partition coefficient (Wildman–Crippen LogP) is 1.37. The SMILES string of the molecule is CCN(CC(=O)NC(C)C)c1c(Cl)cc(N)cc1C(N)=O. The summed E-state index contributed by atoms with van der Waals surface area (Å²) in [5.74, 6) is -0.794. The van der Waals surface area contributed by atoms with Gasteiger partial charge in [-0.25, -0.2) is 0 Å². The molecule has 1 rings (SSSR count). The van der Waals surface area contributed by atoms with Gasteiger partial charge in [-0.3, -0.25) is 9.59 Å². The Labute approximate surface area is 129 Å². The van der Waals surface area contributed by atoms with Crippen molar-refractivity contribution in [3.05, 3.63) is 22.7 Å². The van der Waals surface area contributed by atoms with Crippen LogP contribution in [0.15, 0.2) is 12.1 Å². The zero-order valence-corrected chi connectivity index (χ0v) is 13.2. The molecule has 0 bridgehead atoms. The number of nitrogens with one attached hydrogen (secondary N) is 1. The number of amides is 2. The summed E-state index contributed by atoms with van der Waals surface area (Å²) >= 11 is 6.18. The summed E-state index contributed by atoms with van der Waals surface area (Å²) in [7, 11) is 0. The van der Waals surface area contributed by atoms with E-state index in [-0.39, 0.29) is 24.1 Å². The fraction of sp³-hybridized carbons (Fsp3) is 0.429. The molecule has 6 nitrogen and oxygen atoms in total. The van der Waals surface area contributed by atoms with Gasteiger partial charge in [0.15, 0.2) is 0 Å². The topological polar surface area (TPSA) is 101 Å².